The number of rotatable bonds is 4. The van der Waals surface area contributed by atoms with Gasteiger partial charge in [0.15, 0.2) is 21.9 Å². The lowest BCUT2D eigenvalue weighted by Gasteiger charge is -2.32. The zero-order valence-corrected chi connectivity index (χ0v) is 25.1. The van der Waals surface area contributed by atoms with E-state index >= 15 is 4.79 Å². The maximum atomic E-state index is 15.1. The van der Waals surface area contributed by atoms with Gasteiger partial charge in [0.2, 0.25) is 5.76 Å². The van der Waals surface area contributed by atoms with Crippen LogP contribution < -0.4 is 15.2 Å². The van der Waals surface area contributed by atoms with Crippen LogP contribution in [0.4, 0.5) is 10.8 Å². The number of thiazole rings is 1. The third kappa shape index (κ3) is 3.64. The van der Waals surface area contributed by atoms with Gasteiger partial charge in [0.25, 0.3) is 11.8 Å². The Morgan fingerprint density at radius 2 is 1.70 bits per heavy atom. The first-order chi connectivity index (χ1) is 20.5. The van der Waals surface area contributed by atoms with E-state index in [1.807, 2.05) is 57.2 Å². The van der Waals surface area contributed by atoms with Crippen LogP contribution in [0.3, 0.4) is 0 Å². The van der Waals surface area contributed by atoms with Crippen molar-refractivity contribution in [2.24, 2.45) is 0 Å². The first-order valence-electron chi connectivity index (χ1n) is 13.9. The summed E-state index contributed by atoms with van der Waals surface area (Å²) in [6, 6.07) is 18.5. The third-order valence-electron chi connectivity index (χ3n) is 8.46. The summed E-state index contributed by atoms with van der Waals surface area (Å²) in [6.07, 6.45) is 0. The Labute approximate surface area is 251 Å². The van der Waals surface area contributed by atoms with E-state index in [4.69, 9.17) is 4.42 Å². The molecule has 0 fully saturated rings. The number of amides is 2. The molecule has 0 radical (unpaired) electrons. The van der Waals surface area contributed by atoms with Gasteiger partial charge in [-0.2, -0.15) is 0 Å². The molecule has 0 N–H and O–H groups in total. The standard InChI is InChI=1S/C34H27N3O5S/c1-17-9-8-10-22(13-17)16-36-25-12-7-6-11-24(25)34(32(36)41)27-28(39)23-14-18(2)19(3)15-26(23)42-29(27)31(40)37(34)33-35-20(4)30(43-33)21(5)38/h6-15H,16H2,1-5H3. The van der Waals surface area contributed by atoms with Crippen LogP contribution in [0.15, 0.2) is 69.9 Å². The Morgan fingerprint density at radius 1 is 0.953 bits per heavy atom. The molecule has 5 aromatic rings. The number of benzene rings is 3. The molecule has 2 aliphatic heterocycles. The van der Waals surface area contributed by atoms with Gasteiger partial charge in [0, 0.05) is 12.5 Å². The number of hydrogen-bond donors (Lipinski definition) is 0. The van der Waals surface area contributed by atoms with E-state index in [2.05, 4.69) is 4.98 Å². The van der Waals surface area contributed by atoms with E-state index in [9.17, 15) is 14.4 Å². The van der Waals surface area contributed by atoms with E-state index in [0.29, 0.717) is 21.8 Å². The second kappa shape index (κ2) is 9.31. The minimum Gasteiger partial charge on any atom is -0.450 e. The Morgan fingerprint density at radius 3 is 2.42 bits per heavy atom. The lowest BCUT2D eigenvalue weighted by atomic mass is 9.84. The van der Waals surface area contributed by atoms with Crippen LogP contribution >= 0.6 is 11.3 Å². The number of aryl methyl sites for hydroxylation is 4. The van der Waals surface area contributed by atoms with Gasteiger partial charge in [-0.15, -0.1) is 0 Å². The van der Waals surface area contributed by atoms with Crippen molar-refractivity contribution < 1.29 is 18.8 Å². The Hall–Kier alpha value is -4.89. The van der Waals surface area contributed by atoms with E-state index in [1.165, 1.54) is 11.8 Å². The van der Waals surface area contributed by atoms with Crippen LogP contribution in [-0.4, -0.2) is 22.6 Å². The SMILES string of the molecule is CC(=O)c1sc(N2C(=O)c3oc4cc(C)c(C)cc4c(=O)c3C23C(=O)N(Cc2cccc(C)c2)c2ccccc23)nc1C. The minimum atomic E-state index is -1.88. The average Bonchev–Trinajstić information content (AvgIpc) is 3.55. The summed E-state index contributed by atoms with van der Waals surface area (Å²) in [5, 5.41) is 0.438. The van der Waals surface area contributed by atoms with Crippen molar-refractivity contribution in [3.63, 3.8) is 0 Å². The highest BCUT2D eigenvalue weighted by molar-refractivity contribution is 7.17. The number of aromatic nitrogens is 1. The Bertz CT molecular complexity index is 2130. The van der Waals surface area contributed by atoms with Crippen molar-refractivity contribution in [3.8, 4) is 0 Å². The molecule has 214 valence electrons. The fourth-order valence-electron chi connectivity index (χ4n) is 6.37. The fraction of sp³-hybridized carbons (Fsp3) is 0.206. The molecule has 0 saturated carbocycles. The second-order valence-electron chi connectivity index (χ2n) is 11.3. The van der Waals surface area contributed by atoms with Gasteiger partial charge in [-0.3, -0.25) is 24.1 Å². The molecule has 0 bridgehead atoms. The van der Waals surface area contributed by atoms with E-state index in [-0.39, 0.29) is 39.8 Å². The van der Waals surface area contributed by atoms with Crippen LogP contribution in [0.2, 0.25) is 0 Å². The monoisotopic (exact) mass is 589 g/mol. The summed E-state index contributed by atoms with van der Waals surface area (Å²) in [6.45, 7) is 9.13. The molecule has 0 aliphatic carbocycles. The number of hydrogen-bond acceptors (Lipinski definition) is 7. The number of carbonyl (C=O) groups is 3. The molecule has 2 aromatic heterocycles. The fourth-order valence-corrected chi connectivity index (χ4v) is 7.39. The maximum Gasteiger partial charge on any atom is 0.297 e. The number of Topliss-reactive ketones (excluding diaryl/α,β-unsaturated/α-hetero) is 1. The van der Waals surface area contributed by atoms with Crippen LogP contribution in [0.1, 0.15) is 66.2 Å². The summed E-state index contributed by atoms with van der Waals surface area (Å²) in [7, 11) is 0. The highest BCUT2D eigenvalue weighted by Crippen LogP contribution is 2.55. The molecule has 8 nitrogen and oxygen atoms in total. The van der Waals surface area contributed by atoms with Gasteiger partial charge in [0.1, 0.15) is 5.58 Å². The molecular formula is C34H27N3O5S. The normalized spacial score (nSPS) is 17.3. The van der Waals surface area contributed by atoms with Crippen LogP contribution in [0.5, 0.6) is 0 Å². The molecule has 4 heterocycles. The predicted molar refractivity (Wildman–Crippen MR) is 165 cm³/mol. The first kappa shape index (κ1) is 27.0. The molecule has 2 amide bonds. The van der Waals surface area contributed by atoms with Gasteiger partial charge in [-0.1, -0.05) is 59.4 Å². The molecular weight excluding hydrogens is 562 g/mol. The summed E-state index contributed by atoms with van der Waals surface area (Å²) in [4.78, 5) is 64.4. The van der Waals surface area contributed by atoms with Crippen molar-refractivity contribution in [3.05, 3.63) is 121 Å². The Kier molecular flexibility index (Phi) is 5.84. The van der Waals surface area contributed by atoms with Crippen LogP contribution in [0, 0.1) is 27.7 Å². The molecule has 7 rings (SSSR count). The van der Waals surface area contributed by atoms with Crippen molar-refractivity contribution in [2.75, 3.05) is 9.80 Å². The van der Waals surface area contributed by atoms with Crippen LogP contribution in [0.25, 0.3) is 11.0 Å². The molecule has 9 heteroatoms. The molecule has 1 unspecified atom stereocenters. The van der Waals surface area contributed by atoms with Gasteiger partial charge in [-0.25, -0.2) is 4.98 Å². The predicted octanol–water partition coefficient (Wildman–Crippen LogP) is 6.14. The van der Waals surface area contributed by atoms with Gasteiger partial charge in [0.05, 0.1) is 33.8 Å². The zero-order valence-electron chi connectivity index (χ0n) is 24.3. The van der Waals surface area contributed by atoms with Crippen molar-refractivity contribution in [1.29, 1.82) is 0 Å². The lowest BCUT2D eigenvalue weighted by Crippen LogP contribution is -2.53. The van der Waals surface area contributed by atoms with Gasteiger partial charge < -0.3 is 9.32 Å². The number of anilines is 2. The van der Waals surface area contributed by atoms with Crippen LogP contribution in [-0.2, 0) is 16.9 Å². The first-order valence-corrected chi connectivity index (χ1v) is 14.7. The third-order valence-corrected chi connectivity index (χ3v) is 9.70. The molecule has 1 atom stereocenters. The Balaban J connectivity index is 1.57. The maximum absolute atomic E-state index is 15.1. The second-order valence-corrected chi connectivity index (χ2v) is 12.3. The minimum absolute atomic E-state index is 0.0327. The van der Waals surface area contributed by atoms with Crippen molar-refractivity contribution in [1.82, 2.24) is 4.98 Å². The highest BCUT2D eigenvalue weighted by Gasteiger charge is 2.66. The number of para-hydroxylation sites is 1. The topological polar surface area (TPSA) is 101 Å². The number of ketones is 1. The lowest BCUT2D eigenvalue weighted by molar-refractivity contribution is -0.121. The van der Waals surface area contributed by atoms with E-state index < -0.39 is 22.8 Å². The molecule has 43 heavy (non-hydrogen) atoms. The van der Waals surface area contributed by atoms with Gasteiger partial charge >= 0.3 is 0 Å². The van der Waals surface area contributed by atoms with Crippen molar-refractivity contribution in [2.45, 2.75) is 46.7 Å². The highest BCUT2D eigenvalue weighted by atomic mass is 32.1. The number of carbonyl (C=O) groups excluding carboxylic acids is 3. The summed E-state index contributed by atoms with van der Waals surface area (Å²) in [5.41, 5.74) is 3.15. The number of nitrogens with zero attached hydrogens (tertiary/aromatic N) is 3. The summed E-state index contributed by atoms with van der Waals surface area (Å²) < 4.78 is 6.24. The smallest absolute Gasteiger partial charge is 0.297 e. The molecule has 1 spiro atoms. The summed E-state index contributed by atoms with van der Waals surface area (Å²) in [5.74, 6) is -1.52. The number of fused-ring (bicyclic) bond motifs is 5. The van der Waals surface area contributed by atoms with E-state index in [1.54, 1.807) is 36.1 Å². The average molecular weight is 590 g/mol. The summed E-state index contributed by atoms with van der Waals surface area (Å²) >= 11 is 1.03. The van der Waals surface area contributed by atoms with E-state index in [0.717, 1.165) is 33.6 Å². The largest absolute Gasteiger partial charge is 0.450 e. The molecule has 3 aromatic carbocycles. The van der Waals surface area contributed by atoms with Gasteiger partial charge in [-0.05, 0) is 62.6 Å². The quantitative estimate of drug-likeness (QED) is 0.234. The molecule has 2 aliphatic rings. The van der Waals surface area contributed by atoms with Crippen molar-refractivity contribution >= 4 is 50.7 Å². The zero-order chi connectivity index (χ0) is 30.4. The molecule has 0 saturated heterocycles.